The van der Waals surface area contributed by atoms with Crippen molar-refractivity contribution in [3.63, 3.8) is 0 Å². The largest absolute Gasteiger partial charge is 0.493 e. The highest BCUT2D eigenvalue weighted by Gasteiger charge is 2.26. The Hall–Kier alpha value is -4.61. The number of hydrogen-bond donors (Lipinski definition) is 1. The zero-order valence-electron chi connectivity index (χ0n) is 22.1. The molecule has 0 radical (unpaired) electrons. The Balaban J connectivity index is 1.84. The molecule has 1 N–H and O–H groups in total. The van der Waals surface area contributed by atoms with E-state index in [4.69, 9.17) is 9.47 Å². The average Bonchev–Trinajstić information content (AvgIpc) is 2.96. The van der Waals surface area contributed by atoms with Gasteiger partial charge in [-0.3, -0.25) is 9.59 Å². The highest BCUT2D eigenvalue weighted by Crippen LogP contribution is 2.39. The van der Waals surface area contributed by atoms with Crippen LogP contribution in [0.2, 0.25) is 0 Å². The molecule has 0 fully saturated rings. The maximum absolute atomic E-state index is 13.7. The van der Waals surface area contributed by atoms with Crippen molar-refractivity contribution in [3.8, 4) is 28.7 Å². The van der Waals surface area contributed by atoms with Crippen LogP contribution in [-0.2, 0) is 0 Å². The Kier molecular flexibility index (Phi) is 8.64. The van der Waals surface area contributed by atoms with E-state index in [-0.39, 0.29) is 22.7 Å². The summed E-state index contributed by atoms with van der Waals surface area (Å²) >= 11 is 1.17. The van der Waals surface area contributed by atoms with E-state index in [1.54, 1.807) is 49.4 Å². The Morgan fingerprint density at radius 1 is 0.949 bits per heavy atom. The SMILES string of the molecule is COc1ccc(-c2c(C#N)c(SCC(=O)c3ccccc3)nc(C)c2C(=O)Nc2ccccc2C)cc1OC. The van der Waals surface area contributed by atoms with Crippen LogP contribution < -0.4 is 14.8 Å². The van der Waals surface area contributed by atoms with Gasteiger partial charge in [-0.15, -0.1) is 0 Å². The van der Waals surface area contributed by atoms with Crippen molar-refractivity contribution in [2.75, 3.05) is 25.3 Å². The number of nitrogens with zero attached hydrogens (tertiary/aromatic N) is 2. The standard InChI is InChI=1S/C31H27N3O4S/c1-19-10-8-9-13-24(19)34-30(36)28-20(2)33-31(39-18-25(35)21-11-6-5-7-12-21)23(17-32)29(28)22-14-15-26(37-3)27(16-22)38-4/h5-16H,18H2,1-4H3,(H,34,36). The molecule has 3 aromatic carbocycles. The fraction of sp³-hybridized carbons (Fsp3) is 0.161. The summed E-state index contributed by atoms with van der Waals surface area (Å²) in [5.74, 6) is 0.572. The number of nitrogens with one attached hydrogen (secondary N) is 1. The number of methoxy groups -OCH3 is 2. The number of pyridine rings is 1. The molecule has 0 saturated heterocycles. The maximum Gasteiger partial charge on any atom is 0.258 e. The molecule has 0 bridgehead atoms. The molecule has 4 aromatic rings. The summed E-state index contributed by atoms with van der Waals surface area (Å²) in [7, 11) is 3.06. The van der Waals surface area contributed by atoms with Gasteiger partial charge in [-0.2, -0.15) is 5.26 Å². The van der Waals surface area contributed by atoms with Gasteiger partial charge in [-0.05, 0) is 43.2 Å². The number of nitriles is 1. The highest BCUT2D eigenvalue weighted by atomic mass is 32.2. The van der Waals surface area contributed by atoms with Gasteiger partial charge in [0.2, 0.25) is 0 Å². The van der Waals surface area contributed by atoms with Crippen molar-refractivity contribution in [3.05, 3.63) is 101 Å². The number of anilines is 1. The normalized spacial score (nSPS) is 10.4. The minimum absolute atomic E-state index is 0.0852. The topological polar surface area (TPSA) is 101 Å². The zero-order valence-corrected chi connectivity index (χ0v) is 22.9. The van der Waals surface area contributed by atoms with Gasteiger partial charge in [-0.1, -0.05) is 66.4 Å². The Bertz CT molecular complexity index is 1580. The number of para-hydroxylation sites is 1. The van der Waals surface area contributed by atoms with E-state index in [0.717, 1.165) is 5.56 Å². The van der Waals surface area contributed by atoms with Crippen LogP contribution >= 0.6 is 11.8 Å². The predicted molar refractivity (Wildman–Crippen MR) is 153 cm³/mol. The molecule has 1 amide bonds. The van der Waals surface area contributed by atoms with Crippen LogP contribution in [0.4, 0.5) is 5.69 Å². The van der Waals surface area contributed by atoms with Crippen molar-refractivity contribution >= 4 is 29.1 Å². The van der Waals surface area contributed by atoms with Crippen molar-refractivity contribution in [2.24, 2.45) is 0 Å². The average molecular weight is 538 g/mol. The van der Waals surface area contributed by atoms with E-state index in [0.29, 0.717) is 44.6 Å². The van der Waals surface area contributed by atoms with Gasteiger partial charge < -0.3 is 14.8 Å². The number of aromatic nitrogens is 1. The number of aryl methyl sites for hydroxylation is 2. The number of Topliss-reactive ketones (excluding diaryl/α,β-unsaturated/α-hetero) is 1. The van der Waals surface area contributed by atoms with Crippen LogP contribution in [0.1, 0.15) is 37.5 Å². The fourth-order valence-electron chi connectivity index (χ4n) is 4.18. The molecule has 0 aliphatic heterocycles. The summed E-state index contributed by atoms with van der Waals surface area (Å²) in [4.78, 5) is 31.1. The second-order valence-electron chi connectivity index (χ2n) is 8.66. The van der Waals surface area contributed by atoms with Crippen LogP contribution in [0.3, 0.4) is 0 Å². The number of thioether (sulfide) groups is 1. The van der Waals surface area contributed by atoms with Gasteiger partial charge in [0.1, 0.15) is 11.1 Å². The van der Waals surface area contributed by atoms with Gasteiger partial charge in [0.05, 0.1) is 36.8 Å². The van der Waals surface area contributed by atoms with Gasteiger partial charge in [-0.25, -0.2) is 4.98 Å². The molecule has 0 saturated carbocycles. The molecule has 0 spiro atoms. The predicted octanol–water partition coefficient (Wildman–Crippen LogP) is 6.48. The van der Waals surface area contributed by atoms with Crippen molar-refractivity contribution in [2.45, 2.75) is 18.9 Å². The lowest BCUT2D eigenvalue weighted by molar-refractivity contribution is 0.101. The summed E-state index contributed by atoms with van der Waals surface area (Å²) in [6.45, 7) is 3.63. The number of benzene rings is 3. The quantitative estimate of drug-likeness (QED) is 0.193. The van der Waals surface area contributed by atoms with Crippen LogP contribution in [0.5, 0.6) is 11.5 Å². The fourth-order valence-corrected chi connectivity index (χ4v) is 5.11. The lowest BCUT2D eigenvalue weighted by atomic mass is 9.94. The first-order valence-electron chi connectivity index (χ1n) is 12.1. The first kappa shape index (κ1) is 27.4. The first-order chi connectivity index (χ1) is 18.9. The van der Waals surface area contributed by atoms with Crippen LogP contribution in [0.25, 0.3) is 11.1 Å². The van der Waals surface area contributed by atoms with E-state index >= 15 is 0 Å². The molecule has 1 heterocycles. The van der Waals surface area contributed by atoms with E-state index in [2.05, 4.69) is 16.4 Å². The van der Waals surface area contributed by atoms with Crippen molar-refractivity contribution in [1.82, 2.24) is 4.98 Å². The molecule has 1 aromatic heterocycles. The monoisotopic (exact) mass is 537 g/mol. The summed E-state index contributed by atoms with van der Waals surface area (Å²) in [6.07, 6.45) is 0. The summed E-state index contributed by atoms with van der Waals surface area (Å²) in [5.41, 5.74) is 4.03. The third kappa shape index (κ3) is 5.95. The van der Waals surface area contributed by atoms with E-state index in [1.807, 2.05) is 37.3 Å². The van der Waals surface area contributed by atoms with Gasteiger partial charge in [0.25, 0.3) is 5.91 Å². The number of carbonyl (C=O) groups excluding carboxylic acids is 2. The summed E-state index contributed by atoms with van der Waals surface area (Å²) in [6, 6.07) is 23.9. The molecule has 196 valence electrons. The van der Waals surface area contributed by atoms with Crippen LogP contribution in [0, 0.1) is 25.2 Å². The molecule has 0 aliphatic carbocycles. The smallest absolute Gasteiger partial charge is 0.258 e. The number of hydrogen-bond acceptors (Lipinski definition) is 7. The Morgan fingerprint density at radius 2 is 1.64 bits per heavy atom. The lowest BCUT2D eigenvalue weighted by Gasteiger charge is -2.18. The molecule has 0 atom stereocenters. The first-order valence-corrected chi connectivity index (χ1v) is 13.1. The Labute approximate surface area is 231 Å². The summed E-state index contributed by atoms with van der Waals surface area (Å²) < 4.78 is 10.9. The second-order valence-corrected chi connectivity index (χ2v) is 9.62. The molecular formula is C31H27N3O4S. The second kappa shape index (κ2) is 12.3. The highest BCUT2D eigenvalue weighted by molar-refractivity contribution is 8.00. The minimum atomic E-state index is -0.396. The molecule has 7 nitrogen and oxygen atoms in total. The maximum atomic E-state index is 13.7. The van der Waals surface area contributed by atoms with Gasteiger partial charge >= 0.3 is 0 Å². The summed E-state index contributed by atoms with van der Waals surface area (Å²) in [5, 5.41) is 13.7. The Morgan fingerprint density at radius 3 is 2.31 bits per heavy atom. The third-order valence-corrected chi connectivity index (χ3v) is 7.16. The zero-order chi connectivity index (χ0) is 27.9. The molecule has 0 unspecified atom stereocenters. The molecule has 0 aliphatic rings. The van der Waals surface area contributed by atoms with Crippen LogP contribution in [0.15, 0.2) is 77.8 Å². The van der Waals surface area contributed by atoms with E-state index in [1.165, 1.54) is 26.0 Å². The van der Waals surface area contributed by atoms with Gasteiger partial charge in [0.15, 0.2) is 17.3 Å². The van der Waals surface area contributed by atoms with Crippen molar-refractivity contribution < 1.29 is 19.1 Å². The minimum Gasteiger partial charge on any atom is -0.493 e. The number of ketones is 1. The molecular weight excluding hydrogens is 510 g/mol. The number of carbonyl (C=O) groups is 2. The molecule has 8 heteroatoms. The van der Waals surface area contributed by atoms with Crippen LogP contribution in [-0.4, -0.2) is 36.6 Å². The lowest BCUT2D eigenvalue weighted by Crippen LogP contribution is -2.18. The number of rotatable bonds is 9. The van der Waals surface area contributed by atoms with Crippen molar-refractivity contribution in [1.29, 1.82) is 5.26 Å². The molecule has 4 rings (SSSR count). The molecule has 39 heavy (non-hydrogen) atoms. The number of amides is 1. The van der Waals surface area contributed by atoms with E-state index < -0.39 is 5.91 Å². The third-order valence-electron chi connectivity index (χ3n) is 6.19. The van der Waals surface area contributed by atoms with E-state index in [9.17, 15) is 14.9 Å². The number of ether oxygens (including phenoxy) is 2. The van der Waals surface area contributed by atoms with Gasteiger partial charge in [0, 0.05) is 16.8 Å².